The number of ether oxygens (including phenoxy) is 1. The predicted molar refractivity (Wildman–Crippen MR) is 104 cm³/mol. The highest BCUT2D eigenvalue weighted by atomic mass is 19.4. The molecule has 0 aliphatic rings. The van der Waals surface area contributed by atoms with E-state index in [4.69, 9.17) is 4.74 Å². The summed E-state index contributed by atoms with van der Waals surface area (Å²) in [7, 11) is 3.01. The van der Waals surface area contributed by atoms with Crippen molar-refractivity contribution < 1.29 is 27.4 Å². The lowest BCUT2D eigenvalue weighted by atomic mass is 9.81. The van der Waals surface area contributed by atoms with Crippen molar-refractivity contribution in [2.75, 3.05) is 20.7 Å². The van der Waals surface area contributed by atoms with Crippen LogP contribution < -0.4 is 4.74 Å². The molecule has 158 valence electrons. The number of benzene rings is 2. The number of rotatable bonds is 6. The van der Waals surface area contributed by atoms with E-state index in [0.29, 0.717) is 17.8 Å². The summed E-state index contributed by atoms with van der Waals surface area (Å²) < 4.78 is 61.7. The van der Waals surface area contributed by atoms with E-state index < -0.39 is 28.7 Å². The fourth-order valence-electron chi connectivity index (χ4n) is 2.96. The number of alkyl halides is 3. The Bertz CT molecular complexity index is 912. The van der Waals surface area contributed by atoms with E-state index >= 15 is 0 Å². The van der Waals surface area contributed by atoms with Crippen LogP contribution in [0.5, 0.6) is 5.75 Å². The van der Waals surface area contributed by atoms with Crippen LogP contribution in [-0.4, -0.2) is 43.2 Å². The maximum atomic E-state index is 14.2. The number of methoxy groups -OCH3 is 1. The molecule has 29 heavy (non-hydrogen) atoms. The van der Waals surface area contributed by atoms with Gasteiger partial charge >= 0.3 is 6.18 Å². The lowest BCUT2D eigenvalue weighted by Gasteiger charge is -2.34. The maximum Gasteiger partial charge on any atom is 0.425 e. The molecule has 0 saturated heterocycles. The Morgan fingerprint density at radius 1 is 1.17 bits per heavy atom. The van der Waals surface area contributed by atoms with Gasteiger partial charge in [0.2, 0.25) is 5.60 Å². The zero-order valence-electron chi connectivity index (χ0n) is 16.9. The first-order chi connectivity index (χ1) is 13.5. The number of hydrogen-bond donors (Lipinski definition) is 1. The monoisotopic (exact) mass is 412 g/mol. The van der Waals surface area contributed by atoms with Crippen molar-refractivity contribution >= 4 is 12.0 Å². The Morgan fingerprint density at radius 3 is 2.38 bits per heavy atom. The van der Waals surface area contributed by atoms with E-state index in [9.17, 15) is 22.7 Å². The summed E-state index contributed by atoms with van der Waals surface area (Å²) in [6.45, 7) is 5.40. The standard InChI is InChI=1S/C21H24F4N2O2/c1-6-27(4)12-26-18-11-19(29-5)16(10-13(18)2)20(28,21(23,24)25)15-8-7-9-17(22)14(15)3/h7-12,28H,6H2,1-5H3/b26-12+. The molecule has 8 heteroatoms. The number of nitrogens with zero attached hydrogens (tertiary/aromatic N) is 2. The van der Waals surface area contributed by atoms with E-state index in [0.717, 1.165) is 18.2 Å². The van der Waals surface area contributed by atoms with Crippen LogP contribution in [0.25, 0.3) is 0 Å². The number of halogens is 4. The third-order valence-electron chi connectivity index (χ3n) is 4.87. The SMILES string of the molecule is CCN(C)/C=N/c1cc(OC)c(C(O)(c2cccc(F)c2C)C(F)(F)F)cc1C. The minimum atomic E-state index is -5.13. The molecular weight excluding hydrogens is 388 g/mol. The van der Waals surface area contributed by atoms with Crippen molar-refractivity contribution in [1.29, 1.82) is 0 Å². The van der Waals surface area contributed by atoms with Gasteiger partial charge in [0.15, 0.2) is 0 Å². The molecule has 1 N–H and O–H groups in total. The van der Waals surface area contributed by atoms with Crippen molar-refractivity contribution in [2.24, 2.45) is 4.99 Å². The molecule has 0 aliphatic heterocycles. The van der Waals surface area contributed by atoms with Crippen LogP contribution >= 0.6 is 0 Å². The van der Waals surface area contributed by atoms with Crippen molar-refractivity contribution in [3.05, 3.63) is 58.4 Å². The average molecular weight is 412 g/mol. The molecule has 1 atom stereocenters. The van der Waals surface area contributed by atoms with E-state index in [1.165, 1.54) is 26.2 Å². The highest BCUT2D eigenvalue weighted by Gasteiger charge is 2.58. The zero-order valence-corrected chi connectivity index (χ0v) is 16.9. The fraction of sp³-hybridized carbons (Fsp3) is 0.381. The van der Waals surface area contributed by atoms with Gasteiger partial charge in [-0.25, -0.2) is 9.38 Å². The highest BCUT2D eigenvalue weighted by molar-refractivity contribution is 5.66. The summed E-state index contributed by atoms with van der Waals surface area (Å²) in [4.78, 5) is 6.07. The first-order valence-electron chi connectivity index (χ1n) is 8.95. The van der Waals surface area contributed by atoms with Crippen LogP contribution in [0.4, 0.5) is 23.2 Å². The summed E-state index contributed by atoms with van der Waals surface area (Å²) in [5.41, 5.74) is -4.08. The van der Waals surface area contributed by atoms with E-state index in [2.05, 4.69) is 4.99 Å². The molecule has 2 aromatic carbocycles. The Labute approximate surface area is 167 Å². The third kappa shape index (κ3) is 4.22. The fourth-order valence-corrected chi connectivity index (χ4v) is 2.96. The van der Waals surface area contributed by atoms with E-state index in [-0.39, 0.29) is 11.3 Å². The smallest absolute Gasteiger partial charge is 0.425 e. The van der Waals surface area contributed by atoms with Gasteiger partial charge in [0.05, 0.1) is 19.1 Å². The third-order valence-corrected chi connectivity index (χ3v) is 4.87. The highest BCUT2D eigenvalue weighted by Crippen LogP contribution is 2.49. The lowest BCUT2D eigenvalue weighted by molar-refractivity contribution is -0.249. The summed E-state index contributed by atoms with van der Waals surface area (Å²) in [5, 5.41) is 11.0. The minimum absolute atomic E-state index is 0.203. The molecule has 2 rings (SSSR count). The summed E-state index contributed by atoms with van der Waals surface area (Å²) in [6.07, 6.45) is -3.58. The second-order valence-electron chi connectivity index (χ2n) is 6.78. The molecule has 0 amide bonds. The maximum absolute atomic E-state index is 14.2. The lowest BCUT2D eigenvalue weighted by Crippen LogP contribution is -2.44. The van der Waals surface area contributed by atoms with Gasteiger partial charge in [-0.3, -0.25) is 0 Å². The number of aliphatic hydroxyl groups is 1. The summed E-state index contributed by atoms with van der Waals surface area (Å²) >= 11 is 0. The summed E-state index contributed by atoms with van der Waals surface area (Å²) in [5.74, 6) is -1.05. The molecule has 0 bridgehead atoms. The number of hydrogen-bond acceptors (Lipinski definition) is 3. The molecule has 0 aromatic heterocycles. The van der Waals surface area contributed by atoms with Crippen LogP contribution in [0.1, 0.15) is 29.2 Å². The Balaban J connectivity index is 2.77. The van der Waals surface area contributed by atoms with Crippen molar-refractivity contribution in [1.82, 2.24) is 4.90 Å². The molecule has 4 nitrogen and oxygen atoms in total. The van der Waals surface area contributed by atoms with Gasteiger partial charge in [-0.1, -0.05) is 12.1 Å². The predicted octanol–water partition coefficient (Wildman–Crippen LogP) is 4.86. The topological polar surface area (TPSA) is 45.1 Å². The van der Waals surface area contributed by atoms with Gasteiger partial charge in [0, 0.05) is 30.8 Å². The average Bonchev–Trinajstić information content (AvgIpc) is 2.67. The van der Waals surface area contributed by atoms with Crippen LogP contribution in [0.2, 0.25) is 0 Å². The second-order valence-corrected chi connectivity index (χ2v) is 6.78. The van der Waals surface area contributed by atoms with Crippen LogP contribution in [0, 0.1) is 19.7 Å². The normalized spacial score (nSPS) is 14.1. The molecule has 0 fully saturated rings. The minimum Gasteiger partial charge on any atom is -0.496 e. The molecule has 0 radical (unpaired) electrons. The molecule has 0 aliphatic carbocycles. The van der Waals surface area contributed by atoms with Crippen LogP contribution in [0.15, 0.2) is 35.3 Å². The Kier molecular flexibility index (Phi) is 6.57. The molecule has 0 saturated carbocycles. The zero-order chi connectivity index (χ0) is 22.0. The first kappa shape index (κ1) is 22.7. The van der Waals surface area contributed by atoms with Crippen LogP contribution in [0.3, 0.4) is 0 Å². The Hall–Kier alpha value is -2.61. The van der Waals surface area contributed by atoms with Crippen molar-refractivity contribution in [3.8, 4) is 5.75 Å². The van der Waals surface area contributed by atoms with Gasteiger partial charge in [0.25, 0.3) is 0 Å². The number of aliphatic imine (C=N–C) groups is 1. The van der Waals surface area contributed by atoms with Crippen molar-refractivity contribution in [3.63, 3.8) is 0 Å². The molecule has 1 unspecified atom stereocenters. The van der Waals surface area contributed by atoms with Crippen LogP contribution in [-0.2, 0) is 5.60 Å². The summed E-state index contributed by atoms with van der Waals surface area (Å²) in [6, 6.07) is 5.74. The van der Waals surface area contributed by atoms with E-state index in [1.807, 2.05) is 6.92 Å². The molecule has 0 heterocycles. The van der Waals surface area contributed by atoms with Crippen molar-refractivity contribution in [2.45, 2.75) is 32.5 Å². The first-order valence-corrected chi connectivity index (χ1v) is 8.95. The largest absolute Gasteiger partial charge is 0.496 e. The molecule has 2 aromatic rings. The van der Waals surface area contributed by atoms with Gasteiger partial charge in [-0.15, -0.1) is 0 Å². The quantitative estimate of drug-likeness (QED) is 0.419. The molecule has 0 spiro atoms. The van der Waals surface area contributed by atoms with Gasteiger partial charge in [-0.05, 0) is 44.0 Å². The second kappa shape index (κ2) is 8.41. The Morgan fingerprint density at radius 2 is 1.83 bits per heavy atom. The van der Waals surface area contributed by atoms with Gasteiger partial charge in [0.1, 0.15) is 11.6 Å². The van der Waals surface area contributed by atoms with Gasteiger partial charge in [-0.2, -0.15) is 13.2 Å². The van der Waals surface area contributed by atoms with Gasteiger partial charge < -0.3 is 14.7 Å². The van der Waals surface area contributed by atoms with E-state index in [1.54, 1.807) is 25.2 Å². The number of aryl methyl sites for hydroxylation is 1. The molecular formula is C21H24F4N2O2.